The summed E-state index contributed by atoms with van der Waals surface area (Å²) in [5, 5.41) is 5.42. The first kappa shape index (κ1) is 41.9. The van der Waals surface area contributed by atoms with Gasteiger partial charge in [-0.15, -0.1) is 0 Å². The molecule has 5 heterocycles. The number of H-pyrrole nitrogens is 2. The number of carbonyl (C=O) groups excluding carboxylic acids is 4. The van der Waals surface area contributed by atoms with Gasteiger partial charge < -0.3 is 39.9 Å². The largest absolute Gasteiger partial charge is 0.453 e. The zero-order valence-corrected chi connectivity index (χ0v) is 35.5. The van der Waals surface area contributed by atoms with Crippen LogP contribution in [0.3, 0.4) is 0 Å². The first-order valence-electron chi connectivity index (χ1n) is 20.7. The van der Waals surface area contributed by atoms with Crippen LogP contribution in [0.2, 0.25) is 0 Å². The van der Waals surface area contributed by atoms with Crippen LogP contribution in [0.15, 0.2) is 66.9 Å². The number of hydrogen-bond donors (Lipinski definition) is 4. The molecule has 6 atom stereocenters. The van der Waals surface area contributed by atoms with Crippen LogP contribution in [-0.2, 0) is 19.1 Å². The molecule has 4 amide bonds. The van der Waals surface area contributed by atoms with Gasteiger partial charge >= 0.3 is 12.2 Å². The number of nitrogens with zero attached hydrogens (tertiary/aromatic N) is 5. The summed E-state index contributed by atoms with van der Waals surface area (Å²) in [5.74, 6) is 1.38. The lowest BCUT2D eigenvalue weighted by atomic mass is 10.0. The van der Waals surface area contributed by atoms with E-state index in [9.17, 15) is 19.2 Å². The lowest BCUT2D eigenvalue weighted by Crippen LogP contribution is -2.51. The minimum Gasteiger partial charge on any atom is -0.453 e. The number of aromatic nitrogens is 5. The normalized spacial score (nSPS) is 20.1. The second-order valence-electron chi connectivity index (χ2n) is 16.9. The number of nitrogens with one attached hydrogen (secondary N) is 4. The van der Waals surface area contributed by atoms with Crippen molar-refractivity contribution in [2.24, 2.45) is 23.7 Å². The number of carbonyl (C=O) groups is 4. The van der Waals surface area contributed by atoms with Crippen molar-refractivity contribution >= 4 is 35.2 Å². The van der Waals surface area contributed by atoms with Crippen molar-refractivity contribution in [2.75, 3.05) is 27.3 Å². The van der Waals surface area contributed by atoms with Crippen molar-refractivity contribution in [1.29, 1.82) is 0 Å². The quantitative estimate of drug-likeness (QED) is 0.106. The molecular formula is C45H55N9O6. The lowest BCUT2D eigenvalue weighted by molar-refractivity contribution is -0.136. The monoisotopic (exact) mass is 817 g/mol. The molecule has 4 N–H and O–H groups in total. The maximum Gasteiger partial charge on any atom is 0.407 e. The van der Waals surface area contributed by atoms with Crippen LogP contribution in [0.25, 0.3) is 44.8 Å². The van der Waals surface area contributed by atoms with E-state index in [0.717, 1.165) is 57.8 Å². The highest BCUT2D eigenvalue weighted by molar-refractivity contribution is 5.87. The number of aromatic amines is 2. The predicted molar refractivity (Wildman–Crippen MR) is 227 cm³/mol. The van der Waals surface area contributed by atoms with Crippen LogP contribution < -0.4 is 10.6 Å². The van der Waals surface area contributed by atoms with Crippen molar-refractivity contribution in [2.45, 2.75) is 78.6 Å². The number of alkyl carbamates (subject to hydrolysis) is 2. The minimum absolute atomic E-state index is 0.116. The summed E-state index contributed by atoms with van der Waals surface area (Å²) in [5.41, 5.74) is 7.01. The fourth-order valence-corrected chi connectivity index (χ4v) is 8.41. The Morgan fingerprint density at radius 2 is 1.13 bits per heavy atom. The van der Waals surface area contributed by atoms with Crippen LogP contribution >= 0.6 is 0 Å². The van der Waals surface area contributed by atoms with E-state index in [1.165, 1.54) is 14.2 Å². The molecule has 0 saturated carbocycles. The Bertz CT molecular complexity index is 2340. The number of methoxy groups -OCH3 is 2. The van der Waals surface area contributed by atoms with Gasteiger partial charge in [0, 0.05) is 18.7 Å². The van der Waals surface area contributed by atoms with Crippen molar-refractivity contribution in [3.05, 3.63) is 78.5 Å². The number of fused-ring (bicyclic) bond motifs is 1. The Balaban J connectivity index is 1.03. The summed E-state index contributed by atoms with van der Waals surface area (Å²) in [6.07, 6.45) is 2.05. The predicted octanol–water partition coefficient (Wildman–Crippen LogP) is 7.26. The molecule has 2 saturated heterocycles. The fourth-order valence-electron chi connectivity index (χ4n) is 8.41. The van der Waals surface area contributed by atoms with Gasteiger partial charge in [0.05, 0.1) is 49.4 Å². The lowest BCUT2D eigenvalue weighted by Gasteiger charge is -2.30. The molecule has 1 unspecified atom stereocenters. The minimum atomic E-state index is -0.717. The van der Waals surface area contributed by atoms with Crippen LogP contribution in [0.5, 0.6) is 0 Å². The van der Waals surface area contributed by atoms with Gasteiger partial charge in [0.15, 0.2) is 5.65 Å². The van der Waals surface area contributed by atoms with Crippen molar-refractivity contribution < 1.29 is 28.7 Å². The van der Waals surface area contributed by atoms with E-state index < -0.39 is 24.3 Å². The van der Waals surface area contributed by atoms with Gasteiger partial charge in [0.2, 0.25) is 11.8 Å². The Hall–Kier alpha value is -6.25. The zero-order valence-electron chi connectivity index (χ0n) is 35.5. The highest BCUT2D eigenvalue weighted by Crippen LogP contribution is 2.38. The molecule has 5 aromatic rings. The van der Waals surface area contributed by atoms with Crippen LogP contribution in [0.4, 0.5) is 9.59 Å². The summed E-state index contributed by atoms with van der Waals surface area (Å²) in [7, 11) is 2.58. The SMILES string of the molecule is COC(=O)NC(C(=O)N1C[C@@H](C)C[C@H]1c1nc2nc(-c3ccc(-c4ccc(-c5cnc([C@@H]6C[C@H](C)CN6C(=O)[C@@H](NC(=O)OC)C(C)C)[nH]5)cc4)cc3)ccc2[nH]1)C(C)C. The molecule has 0 aliphatic carbocycles. The number of imidazole rings is 2. The first-order chi connectivity index (χ1) is 28.7. The standard InChI is InChI=1S/C45H55N9O6/c1-24(2)37(50-44(57)59-7)42(55)53-22-26(5)19-35(53)40-46-21-34(49-40)31-15-11-29(12-16-31)28-9-13-30(14-10-28)32-17-18-33-39(47-32)52-41(48-33)36-20-27(6)23-54(36)43(56)38(25(3)4)51-45(58)60-8/h9-18,21,24-27,35-38H,19-20,22-23H2,1-8H3,(H,46,49)(H,50,57)(H,51,58)(H,47,48,52)/t26-,27-,35-,36-,37-,38?/m0/s1. The molecule has 0 radical (unpaired) electrons. The highest BCUT2D eigenvalue weighted by atomic mass is 16.5. The number of ether oxygens (including phenoxy) is 2. The molecule has 2 aromatic carbocycles. The molecular weight excluding hydrogens is 763 g/mol. The van der Waals surface area contributed by atoms with E-state index in [1.807, 2.05) is 61.8 Å². The molecule has 2 fully saturated rings. The number of likely N-dealkylation sites (tertiary alicyclic amines) is 2. The Morgan fingerprint density at radius 1 is 0.650 bits per heavy atom. The van der Waals surface area contributed by atoms with Gasteiger partial charge in [-0.2, -0.15) is 0 Å². The molecule has 15 heteroatoms. The molecule has 316 valence electrons. The number of rotatable bonds is 11. The summed E-state index contributed by atoms with van der Waals surface area (Å²) in [6.45, 7) is 13.0. The number of pyridine rings is 1. The molecule has 2 aliphatic rings. The van der Waals surface area contributed by atoms with E-state index in [-0.39, 0.29) is 47.6 Å². The van der Waals surface area contributed by atoms with Gasteiger partial charge in [-0.05, 0) is 65.3 Å². The van der Waals surface area contributed by atoms with Crippen LogP contribution in [0, 0.1) is 23.7 Å². The van der Waals surface area contributed by atoms with Gasteiger partial charge in [-0.1, -0.05) is 90.1 Å². The van der Waals surface area contributed by atoms with Crippen molar-refractivity contribution in [1.82, 2.24) is 45.4 Å². The Labute approximate surface area is 350 Å². The maximum atomic E-state index is 13.8. The molecule has 15 nitrogen and oxygen atoms in total. The Kier molecular flexibility index (Phi) is 12.2. The number of hydrogen-bond acceptors (Lipinski definition) is 9. The van der Waals surface area contributed by atoms with Gasteiger partial charge in [0.25, 0.3) is 0 Å². The van der Waals surface area contributed by atoms with E-state index in [1.54, 1.807) is 6.20 Å². The summed E-state index contributed by atoms with van der Waals surface area (Å²) >= 11 is 0. The molecule has 7 rings (SSSR count). The first-order valence-corrected chi connectivity index (χ1v) is 20.7. The van der Waals surface area contributed by atoms with Crippen LogP contribution in [-0.4, -0.2) is 98.1 Å². The molecule has 0 bridgehead atoms. The molecule has 3 aromatic heterocycles. The highest BCUT2D eigenvalue weighted by Gasteiger charge is 2.41. The summed E-state index contributed by atoms with van der Waals surface area (Å²) in [4.78, 5) is 76.5. The van der Waals surface area contributed by atoms with Crippen LogP contribution in [0.1, 0.15) is 78.1 Å². The summed E-state index contributed by atoms with van der Waals surface area (Å²) in [6, 6.07) is 18.5. The second kappa shape index (κ2) is 17.5. The Morgan fingerprint density at radius 3 is 1.63 bits per heavy atom. The third kappa shape index (κ3) is 8.70. The van der Waals surface area contributed by atoms with Gasteiger partial charge in [0.1, 0.15) is 23.7 Å². The van der Waals surface area contributed by atoms with E-state index in [4.69, 9.17) is 24.4 Å². The fraction of sp³-hybridized carbons (Fsp3) is 0.444. The molecule has 2 aliphatic heterocycles. The average Bonchev–Trinajstić information content (AvgIpc) is 4.06. The van der Waals surface area contributed by atoms with E-state index in [0.29, 0.717) is 24.6 Å². The smallest absolute Gasteiger partial charge is 0.407 e. The molecule has 0 spiro atoms. The van der Waals surface area contributed by atoms with E-state index >= 15 is 0 Å². The van der Waals surface area contributed by atoms with Gasteiger partial charge in [-0.25, -0.2) is 24.5 Å². The van der Waals surface area contributed by atoms with E-state index in [2.05, 4.69) is 70.8 Å². The number of benzene rings is 2. The third-order valence-corrected chi connectivity index (χ3v) is 11.7. The topological polar surface area (TPSA) is 188 Å². The third-order valence-electron chi connectivity index (χ3n) is 11.7. The van der Waals surface area contributed by atoms with Crippen molar-refractivity contribution in [3.63, 3.8) is 0 Å². The number of amides is 4. The zero-order chi connectivity index (χ0) is 42.8. The second-order valence-corrected chi connectivity index (χ2v) is 16.9. The average molecular weight is 818 g/mol. The summed E-state index contributed by atoms with van der Waals surface area (Å²) < 4.78 is 9.57. The molecule has 60 heavy (non-hydrogen) atoms. The maximum absolute atomic E-state index is 13.8. The van der Waals surface area contributed by atoms with Gasteiger partial charge in [-0.3, -0.25) is 9.59 Å². The van der Waals surface area contributed by atoms with Crippen molar-refractivity contribution in [3.8, 4) is 33.6 Å².